The molecule has 2 heterocycles. The van der Waals surface area contributed by atoms with Gasteiger partial charge in [0.2, 0.25) is 0 Å². The van der Waals surface area contributed by atoms with Crippen LogP contribution >= 0.6 is 11.6 Å². The monoisotopic (exact) mass is 267 g/mol. The van der Waals surface area contributed by atoms with Gasteiger partial charge >= 0.3 is 0 Å². The van der Waals surface area contributed by atoms with Crippen molar-refractivity contribution < 1.29 is 0 Å². The Labute approximate surface area is 115 Å². The fourth-order valence-electron chi connectivity index (χ4n) is 2.50. The SMILES string of the molecule is CC(C)CN1CCN(c2cnccc2CCl)CC1. The Morgan fingerprint density at radius 3 is 2.61 bits per heavy atom. The van der Waals surface area contributed by atoms with Gasteiger partial charge in [0.1, 0.15) is 0 Å². The summed E-state index contributed by atoms with van der Waals surface area (Å²) in [4.78, 5) is 9.17. The summed E-state index contributed by atoms with van der Waals surface area (Å²) in [5.74, 6) is 1.30. The molecule has 1 aromatic rings. The van der Waals surface area contributed by atoms with Crippen LogP contribution in [0.3, 0.4) is 0 Å². The van der Waals surface area contributed by atoms with Crippen molar-refractivity contribution in [3.05, 3.63) is 24.0 Å². The zero-order valence-electron chi connectivity index (χ0n) is 11.3. The highest BCUT2D eigenvalue weighted by molar-refractivity contribution is 6.17. The topological polar surface area (TPSA) is 19.4 Å². The average molecular weight is 268 g/mol. The highest BCUT2D eigenvalue weighted by Crippen LogP contribution is 2.22. The molecule has 0 bridgehead atoms. The lowest BCUT2D eigenvalue weighted by molar-refractivity contribution is 0.231. The number of anilines is 1. The Kier molecular flexibility index (Phi) is 4.84. The Bertz CT molecular complexity index is 373. The number of halogens is 1. The molecule has 100 valence electrons. The summed E-state index contributed by atoms with van der Waals surface area (Å²) in [5.41, 5.74) is 2.39. The molecule has 2 rings (SSSR count). The lowest BCUT2D eigenvalue weighted by Crippen LogP contribution is -2.47. The van der Waals surface area contributed by atoms with Gasteiger partial charge in [-0.15, -0.1) is 11.6 Å². The number of alkyl halides is 1. The molecule has 1 saturated heterocycles. The van der Waals surface area contributed by atoms with E-state index in [9.17, 15) is 0 Å². The zero-order chi connectivity index (χ0) is 13.0. The van der Waals surface area contributed by atoms with E-state index in [1.807, 2.05) is 18.5 Å². The molecule has 18 heavy (non-hydrogen) atoms. The van der Waals surface area contributed by atoms with E-state index in [0.29, 0.717) is 5.88 Å². The van der Waals surface area contributed by atoms with Gasteiger partial charge < -0.3 is 4.90 Å². The van der Waals surface area contributed by atoms with Crippen LogP contribution in [0.2, 0.25) is 0 Å². The summed E-state index contributed by atoms with van der Waals surface area (Å²) < 4.78 is 0. The standard InChI is InChI=1S/C14H22ClN3/c1-12(2)11-17-5-7-18(8-6-17)14-10-16-4-3-13(14)9-15/h3-4,10,12H,5-9,11H2,1-2H3. The summed E-state index contributed by atoms with van der Waals surface area (Å²) in [7, 11) is 0. The van der Waals surface area contributed by atoms with Crippen LogP contribution in [0.5, 0.6) is 0 Å². The molecule has 0 saturated carbocycles. The molecule has 1 aliphatic heterocycles. The maximum Gasteiger partial charge on any atom is 0.0598 e. The number of aromatic nitrogens is 1. The van der Waals surface area contributed by atoms with Crippen molar-refractivity contribution in [3.8, 4) is 0 Å². The number of pyridine rings is 1. The van der Waals surface area contributed by atoms with Gasteiger partial charge in [-0.3, -0.25) is 9.88 Å². The summed E-state index contributed by atoms with van der Waals surface area (Å²) in [6.45, 7) is 10.2. The summed E-state index contributed by atoms with van der Waals surface area (Å²) in [6, 6.07) is 2.02. The van der Waals surface area contributed by atoms with Gasteiger partial charge in [0.05, 0.1) is 11.9 Å². The molecule has 4 heteroatoms. The Hall–Kier alpha value is -0.800. The lowest BCUT2D eigenvalue weighted by atomic mass is 10.1. The molecule has 0 N–H and O–H groups in total. The third kappa shape index (κ3) is 3.36. The summed E-state index contributed by atoms with van der Waals surface area (Å²) in [6.07, 6.45) is 3.76. The number of rotatable bonds is 4. The van der Waals surface area contributed by atoms with Crippen molar-refractivity contribution in [2.45, 2.75) is 19.7 Å². The fourth-order valence-corrected chi connectivity index (χ4v) is 2.73. The third-order valence-corrected chi connectivity index (χ3v) is 3.66. The molecule has 0 aromatic carbocycles. The van der Waals surface area contributed by atoms with Crippen LogP contribution < -0.4 is 4.90 Å². The van der Waals surface area contributed by atoms with Crippen LogP contribution in [0.25, 0.3) is 0 Å². The minimum absolute atomic E-state index is 0.560. The van der Waals surface area contributed by atoms with Gasteiger partial charge in [-0.2, -0.15) is 0 Å². The Morgan fingerprint density at radius 2 is 2.00 bits per heavy atom. The highest BCUT2D eigenvalue weighted by atomic mass is 35.5. The molecule has 0 aliphatic carbocycles. The predicted octanol–water partition coefficient (Wildman–Crippen LogP) is 2.60. The molecule has 0 amide bonds. The predicted molar refractivity (Wildman–Crippen MR) is 77.3 cm³/mol. The van der Waals surface area contributed by atoms with Crippen molar-refractivity contribution >= 4 is 17.3 Å². The molecule has 1 fully saturated rings. The molecule has 0 spiro atoms. The van der Waals surface area contributed by atoms with Crippen LogP contribution in [0.4, 0.5) is 5.69 Å². The molecule has 1 aliphatic rings. The minimum atomic E-state index is 0.560. The fraction of sp³-hybridized carbons (Fsp3) is 0.643. The zero-order valence-corrected chi connectivity index (χ0v) is 12.0. The van der Waals surface area contributed by atoms with E-state index in [2.05, 4.69) is 28.6 Å². The van der Waals surface area contributed by atoms with Crippen LogP contribution in [-0.4, -0.2) is 42.6 Å². The van der Waals surface area contributed by atoms with E-state index in [1.165, 1.54) is 17.8 Å². The van der Waals surface area contributed by atoms with E-state index >= 15 is 0 Å². The highest BCUT2D eigenvalue weighted by Gasteiger charge is 2.19. The third-order valence-electron chi connectivity index (χ3n) is 3.37. The molecule has 1 aromatic heterocycles. The van der Waals surface area contributed by atoms with Gasteiger partial charge in [0.15, 0.2) is 0 Å². The van der Waals surface area contributed by atoms with Crippen LogP contribution in [0, 0.1) is 5.92 Å². The number of piperazine rings is 1. The second-order valence-electron chi connectivity index (χ2n) is 5.32. The largest absolute Gasteiger partial charge is 0.367 e. The molecule has 0 radical (unpaired) electrons. The quantitative estimate of drug-likeness (QED) is 0.782. The first kappa shape index (κ1) is 13.6. The van der Waals surface area contributed by atoms with Crippen LogP contribution in [0.1, 0.15) is 19.4 Å². The van der Waals surface area contributed by atoms with E-state index in [4.69, 9.17) is 11.6 Å². The average Bonchev–Trinajstić information content (AvgIpc) is 2.39. The van der Waals surface area contributed by atoms with Gasteiger partial charge in [0.25, 0.3) is 0 Å². The van der Waals surface area contributed by atoms with Crippen molar-refractivity contribution in [1.29, 1.82) is 0 Å². The minimum Gasteiger partial charge on any atom is -0.367 e. The van der Waals surface area contributed by atoms with Gasteiger partial charge in [-0.1, -0.05) is 13.8 Å². The van der Waals surface area contributed by atoms with E-state index < -0.39 is 0 Å². The number of hydrogen-bond donors (Lipinski definition) is 0. The smallest absolute Gasteiger partial charge is 0.0598 e. The van der Waals surface area contributed by atoms with E-state index in [1.54, 1.807) is 0 Å². The molecule has 3 nitrogen and oxygen atoms in total. The van der Waals surface area contributed by atoms with Crippen LogP contribution in [0.15, 0.2) is 18.5 Å². The maximum absolute atomic E-state index is 5.98. The van der Waals surface area contributed by atoms with Gasteiger partial charge in [0, 0.05) is 44.8 Å². The maximum atomic E-state index is 5.98. The van der Waals surface area contributed by atoms with E-state index in [0.717, 1.165) is 32.1 Å². The number of nitrogens with zero attached hydrogens (tertiary/aromatic N) is 3. The molecule has 0 atom stereocenters. The van der Waals surface area contributed by atoms with Crippen molar-refractivity contribution in [1.82, 2.24) is 9.88 Å². The second kappa shape index (κ2) is 6.39. The van der Waals surface area contributed by atoms with Gasteiger partial charge in [-0.25, -0.2) is 0 Å². The van der Waals surface area contributed by atoms with Gasteiger partial charge in [-0.05, 0) is 17.5 Å². The first-order valence-corrected chi connectivity index (χ1v) is 7.20. The normalized spacial score (nSPS) is 17.4. The Morgan fingerprint density at radius 1 is 1.28 bits per heavy atom. The Balaban J connectivity index is 1.97. The van der Waals surface area contributed by atoms with Crippen molar-refractivity contribution in [2.75, 3.05) is 37.6 Å². The first-order chi connectivity index (χ1) is 8.70. The number of hydrogen-bond acceptors (Lipinski definition) is 3. The van der Waals surface area contributed by atoms with E-state index in [-0.39, 0.29) is 0 Å². The van der Waals surface area contributed by atoms with Crippen molar-refractivity contribution in [2.24, 2.45) is 5.92 Å². The van der Waals surface area contributed by atoms with Crippen molar-refractivity contribution in [3.63, 3.8) is 0 Å². The summed E-state index contributed by atoms with van der Waals surface area (Å²) in [5, 5.41) is 0. The molecule has 0 unspecified atom stereocenters. The molecular formula is C14H22ClN3. The summed E-state index contributed by atoms with van der Waals surface area (Å²) >= 11 is 5.98. The lowest BCUT2D eigenvalue weighted by Gasteiger charge is -2.37. The van der Waals surface area contributed by atoms with Crippen LogP contribution in [-0.2, 0) is 5.88 Å². The first-order valence-electron chi connectivity index (χ1n) is 6.67. The molecular weight excluding hydrogens is 246 g/mol. The second-order valence-corrected chi connectivity index (χ2v) is 5.59.